The first-order valence-electron chi connectivity index (χ1n) is 8.01. The standard InChI is InChI=1S/C19H20N2O3/c1-14-7-5-10-16(13-14)24-12-6-11-21-18(22)17(20-19(21)23)15-8-3-2-4-9-15/h2-5,7-10,13,17H,6,11-12H2,1H3,(H,20,23). The van der Waals surface area contributed by atoms with E-state index in [0.29, 0.717) is 19.6 Å². The Morgan fingerprint density at radius 2 is 1.88 bits per heavy atom. The van der Waals surface area contributed by atoms with E-state index < -0.39 is 6.04 Å². The Bertz CT molecular complexity index is 730. The zero-order chi connectivity index (χ0) is 16.9. The summed E-state index contributed by atoms with van der Waals surface area (Å²) in [7, 11) is 0. The summed E-state index contributed by atoms with van der Waals surface area (Å²) >= 11 is 0. The molecule has 1 aliphatic rings. The Kier molecular flexibility index (Phi) is 4.79. The molecule has 124 valence electrons. The molecule has 2 aromatic carbocycles. The number of hydrogen-bond donors (Lipinski definition) is 1. The molecule has 3 amide bonds. The second-order valence-electron chi connectivity index (χ2n) is 5.80. The van der Waals surface area contributed by atoms with Crippen LogP contribution in [-0.2, 0) is 4.79 Å². The molecule has 1 aliphatic heterocycles. The number of amides is 3. The fraction of sp³-hybridized carbons (Fsp3) is 0.263. The van der Waals surface area contributed by atoms with Gasteiger partial charge in [-0.05, 0) is 36.6 Å². The zero-order valence-corrected chi connectivity index (χ0v) is 13.6. The van der Waals surface area contributed by atoms with E-state index in [1.807, 2.05) is 61.5 Å². The number of nitrogens with zero attached hydrogens (tertiary/aromatic N) is 1. The van der Waals surface area contributed by atoms with Crippen LogP contribution >= 0.6 is 0 Å². The Balaban J connectivity index is 1.52. The minimum atomic E-state index is -0.587. The van der Waals surface area contributed by atoms with Crippen molar-refractivity contribution in [3.8, 4) is 5.75 Å². The van der Waals surface area contributed by atoms with Crippen LogP contribution in [0.5, 0.6) is 5.75 Å². The van der Waals surface area contributed by atoms with E-state index in [9.17, 15) is 9.59 Å². The van der Waals surface area contributed by atoms with Gasteiger partial charge in [0, 0.05) is 6.54 Å². The maximum absolute atomic E-state index is 12.4. The van der Waals surface area contributed by atoms with E-state index >= 15 is 0 Å². The number of aryl methyl sites for hydroxylation is 1. The van der Waals surface area contributed by atoms with Crippen LogP contribution in [0.15, 0.2) is 54.6 Å². The highest BCUT2D eigenvalue weighted by atomic mass is 16.5. The third-order valence-corrected chi connectivity index (χ3v) is 3.94. The van der Waals surface area contributed by atoms with Gasteiger partial charge in [-0.3, -0.25) is 9.69 Å². The molecule has 1 fully saturated rings. The Morgan fingerprint density at radius 1 is 1.08 bits per heavy atom. The first kappa shape index (κ1) is 16.1. The Morgan fingerprint density at radius 3 is 2.62 bits per heavy atom. The van der Waals surface area contributed by atoms with Crippen molar-refractivity contribution in [1.82, 2.24) is 10.2 Å². The van der Waals surface area contributed by atoms with Crippen molar-refractivity contribution in [3.05, 3.63) is 65.7 Å². The van der Waals surface area contributed by atoms with Gasteiger partial charge in [0.25, 0.3) is 5.91 Å². The van der Waals surface area contributed by atoms with Crippen molar-refractivity contribution in [2.45, 2.75) is 19.4 Å². The number of urea groups is 1. The topological polar surface area (TPSA) is 58.6 Å². The lowest BCUT2D eigenvalue weighted by atomic mass is 10.1. The predicted molar refractivity (Wildman–Crippen MR) is 90.7 cm³/mol. The van der Waals surface area contributed by atoms with E-state index in [-0.39, 0.29) is 11.9 Å². The molecule has 0 aromatic heterocycles. The van der Waals surface area contributed by atoms with Crippen LogP contribution in [-0.4, -0.2) is 30.0 Å². The molecule has 2 aromatic rings. The van der Waals surface area contributed by atoms with E-state index in [4.69, 9.17) is 4.74 Å². The van der Waals surface area contributed by atoms with E-state index in [1.165, 1.54) is 4.90 Å². The van der Waals surface area contributed by atoms with Crippen molar-refractivity contribution in [3.63, 3.8) is 0 Å². The highest BCUT2D eigenvalue weighted by Crippen LogP contribution is 2.21. The molecular formula is C19H20N2O3. The van der Waals surface area contributed by atoms with Gasteiger partial charge < -0.3 is 10.1 Å². The summed E-state index contributed by atoms with van der Waals surface area (Å²) in [6, 6.07) is 16.1. The molecule has 1 unspecified atom stereocenters. The first-order chi connectivity index (χ1) is 11.6. The second kappa shape index (κ2) is 7.17. The van der Waals surface area contributed by atoms with Crippen LogP contribution in [0.3, 0.4) is 0 Å². The molecule has 1 saturated heterocycles. The SMILES string of the molecule is Cc1cccc(OCCCN2C(=O)NC(c3ccccc3)C2=O)c1. The summed E-state index contributed by atoms with van der Waals surface area (Å²) < 4.78 is 5.66. The Labute approximate surface area is 141 Å². The fourth-order valence-corrected chi connectivity index (χ4v) is 2.72. The van der Waals surface area contributed by atoms with Crippen LogP contribution in [0.25, 0.3) is 0 Å². The van der Waals surface area contributed by atoms with Gasteiger partial charge >= 0.3 is 6.03 Å². The molecule has 24 heavy (non-hydrogen) atoms. The molecule has 5 nitrogen and oxygen atoms in total. The molecule has 1 N–H and O–H groups in total. The predicted octanol–water partition coefficient (Wildman–Crippen LogP) is 3.06. The van der Waals surface area contributed by atoms with Crippen molar-refractivity contribution in [2.75, 3.05) is 13.2 Å². The lowest BCUT2D eigenvalue weighted by Crippen LogP contribution is -2.32. The number of benzene rings is 2. The maximum atomic E-state index is 12.4. The number of carbonyl (C=O) groups excluding carboxylic acids is 2. The molecule has 0 saturated carbocycles. The maximum Gasteiger partial charge on any atom is 0.325 e. The number of hydrogen-bond acceptors (Lipinski definition) is 3. The number of imide groups is 1. The number of nitrogens with one attached hydrogen (secondary N) is 1. The van der Waals surface area contributed by atoms with E-state index in [0.717, 1.165) is 16.9 Å². The molecule has 5 heteroatoms. The summed E-state index contributed by atoms with van der Waals surface area (Å²) in [5, 5.41) is 2.73. The average molecular weight is 324 g/mol. The van der Waals surface area contributed by atoms with Crippen LogP contribution in [0.4, 0.5) is 4.79 Å². The number of carbonyl (C=O) groups is 2. The third kappa shape index (κ3) is 3.56. The molecule has 1 atom stereocenters. The quantitative estimate of drug-likeness (QED) is 0.656. The van der Waals surface area contributed by atoms with E-state index in [1.54, 1.807) is 0 Å². The van der Waals surface area contributed by atoms with Gasteiger partial charge in [-0.2, -0.15) is 0 Å². The molecule has 1 heterocycles. The summed E-state index contributed by atoms with van der Waals surface area (Å²) in [5.41, 5.74) is 1.93. The van der Waals surface area contributed by atoms with Gasteiger partial charge in [0.1, 0.15) is 11.8 Å². The molecular weight excluding hydrogens is 304 g/mol. The smallest absolute Gasteiger partial charge is 0.325 e. The lowest BCUT2D eigenvalue weighted by molar-refractivity contribution is -0.127. The van der Waals surface area contributed by atoms with Crippen LogP contribution < -0.4 is 10.1 Å². The van der Waals surface area contributed by atoms with Gasteiger partial charge in [0.15, 0.2) is 0 Å². The van der Waals surface area contributed by atoms with E-state index in [2.05, 4.69) is 5.32 Å². The van der Waals surface area contributed by atoms with Gasteiger partial charge in [0.05, 0.1) is 6.61 Å². The summed E-state index contributed by atoms with van der Waals surface area (Å²) in [6.07, 6.45) is 0.592. The molecule has 0 bridgehead atoms. The molecule has 0 spiro atoms. The van der Waals surface area contributed by atoms with Gasteiger partial charge in [-0.15, -0.1) is 0 Å². The monoisotopic (exact) mass is 324 g/mol. The van der Waals surface area contributed by atoms with Crippen molar-refractivity contribution in [2.24, 2.45) is 0 Å². The highest BCUT2D eigenvalue weighted by molar-refractivity contribution is 6.04. The molecule has 3 rings (SSSR count). The number of ether oxygens (including phenoxy) is 1. The van der Waals surface area contributed by atoms with Gasteiger partial charge in [-0.25, -0.2) is 4.79 Å². The van der Waals surface area contributed by atoms with Crippen LogP contribution in [0, 0.1) is 6.92 Å². The highest BCUT2D eigenvalue weighted by Gasteiger charge is 2.38. The van der Waals surface area contributed by atoms with Crippen molar-refractivity contribution < 1.29 is 14.3 Å². The summed E-state index contributed by atoms with van der Waals surface area (Å²) in [6.45, 7) is 2.81. The lowest BCUT2D eigenvalue weighted by Gasteiger charge is -2.13. The van der Waals surface area contributed by atoms with Crippen LogP contribution in [0.1, 0.15) is 23.6 Å². The number of rotatable bonds is 6. The largest absolute Gasteiger partial charge is 0.494 e. The minimum absolute atomic E-state index is 0.207. The first-order valence-corrected chi connectivity index (χ1v) is 8.01. The van der Waals surface area contributed by atoms with Crippen molar-refractivity contribution >= 4 is 11.9 Å². The Hall–Kier alpha value is -2.82. The third-order valence-electron chi connectivity index (χ3n) is 3.94. The molecule has 0 radical (unpaired) electrons. The summed E-state index contributed by atoms with van der Waals surface area (Å²) in [4.78, 5) is 25.7. The van der Waals surface area contributed by atoms with Crippen molar-refractivity contribution in [1.29, 1.82) is 0 Å². The minimum Gasteiger partial charge on any atom is -0.494 e. The van der Waals surface area contributed by atoms with Gasteiger partial charge in [-0.1, -0.05) is 42.5 Å². The zero-order valence-electron chi connectivity index (χ0n) is 13.6. The average Bonchev–Trinajstić information content (AvgIpc) is 2.87. The normalized spacial score (nSPS) is 17.0. The fourth-order valence-electron chi connectivity index (χ4n) is 2.72. The van der Waals surface area contributed by atoms with Gasteiger partial charge in [0.2, 0.25) is 0 Å². The summed E-state index contributed by atoms with van der Waals surface area (Å²) in [5.74, 6) is 0.594. The second-order valence-corrected chi connectivity index (χ2v) is 5.80. The molecule has 0 aliphatic carbocycles. The van der Waals surface area contributed by atoms with Crippen LogP contribution in [0.2, 0.25) is 0 Å².